The molecule has 0 bridgehead atoms. The second kappa shape index (κ2) is 6.44. The molecule has 154 valence electrons. The van der Waals surface area contributed by atoms with Gasteiger partial charge in [-0.2, -0.15) is 0 Å². The molecule has 0 saturated carbocycles. The van der Waals surface area contributed by atoms with Crippen molar-refractivity contribution in [2.45, 2.75) is 11.3 Å². The maximum atomic E-state index is 13.1. The molecule has 8 nitrogen and oxygen atoms in total. The summed E-state index contributed by atoms with van der Waals surface area (Å²) in [6.07, 6.45) is 0.569. The highest BCUT2D eigenvalue weighted by Gasteiger charge is 2.29. The van der Waals surface area contributed by atoms with Crippen molar-refractivity contribution in [1.82, 2.24) is 0 Å². The van der Waals surface area contributed by atoms with Gasteiger partial charge in [0, 0.05) is 34.3 Å². The fraction of sp³-hybridized carbons (Fsp3) is 0.150. The Morgan fingerprint density at radius 2 is 1.77 bits per heavy atom. The van der Waals surface area contributed by atoms with E-state index >= 15 is 0 Å². The van der Waals surface area contributed by atoms with Gasteiger partial charge in [0.05, 0.1) is 16.3 Å². The largest absolute Gasteiger partial charge is 0.321 e. The van der Waals surface area contributed by atoms with E-state index in [0.29, 0.717) is 46.4 Å². The zero-order valence-corrected chi connectivity index (χ0v) is 17.3. The fourth-order valence-corrected chi connectivity index (χ4v) is 6.76. The van der Waals surface area contributed by atoms with Crippen molar-refractivity contribution in [3.05, 3.63) is 60.2 Å². The van der Waals surface area contributed by atoms with Crippen LogP contribution in [0.2, 0.25) is 0 Å². The van der Waals surface area contributed by atoms with Crippen molar-refractivity contribution in [1.29, 1.82) is 0 Å². The standard InChI is InChI=1S/C20H17N3O5S2/c24-20-16-4-1-3-15-18(10-9-17(21-20)19(15)16)30(27,28)22-13-5-7-14(8-6-13)23-11-2-12-29(23,25)26/h1,3-10,22H,2,11-12H2,(H,21,24). The summed E-state index contributed by atoms with van der Waals surface area (Å²) >= 11 is 0. The molecule has 0 atom stereocenters. The molecule has 2 heterocycles. The maximum absolute atomic E-state index is 13.1. The zero-order chi connectivity index (χ0) is 21.1. The number of anilines is 3. The van der Waals surface area contributed by atoms with Gasteiger partial charge in [0.1, 0.15) is 0 Å². The van der Waals surface area contributed by atoms with Gasteiger partial charge in [0.2, 0.25) is 10.0 Å². The lowest BCUT2D eigenvalue weighted by molar-refractivity contribution is 0.103. The van der Waals surface area contributed by atoms with Crippen molar-refractivity contribution in [3.8, 4) is 0 Å². The van der Waals surface area contributed by atoms with Crippen LogP contribution in [0.3, 0.4) is 0 Å². The number of nitrogens with one attached hydrogen (secondary N) is 2. The van der Waals surface area contributed by atoms with Crippen LogP contribution in [0, 0.1) is 0 Å². The minimum atomic E-state index is -3.94. The van der Waals surface area contributed by atoms with Gasteiger partial charge < -0.3 is 5.32 Å². The van der Waals surface area contributed by atoms with Gasteiger partial charge in [-0.3, -0.25) is 13.8 Å². The molecule has 5 rings (SSSR count). The lowest BCUT2D eigenvalue weighted by Gasteiger charge is -2.17. The van der Waals surface area contributed by atoms with Gasteiger partial charge in [0.15, 0.2) is 0 Å². The summed E-state index contributed by atoms with van der Waals surface area (Å²) in [6, 6.07) is 14.2. The Labute approximate surface area is 173 Å². The van der Waals surface area contributed by atoms with Crippen molar-refractivity contribution < 1.29 is 21.6 Å². The second-order valence-electron chi connectivity index (χ2n) is 7.19. The number of carbonyl (C=O) groups excluding carboxylic acids is 1. The monoisotopic (exact) mass is 443 g/mol. The number of sulfonamides is 2. The van der Waals surface area contributed by atoms with E-state index in [1.54, 1.807) is 36.4 Å². The highest BCUT2D eigenvalue weighted by Crippen LogP contribution is 2.37. The zero-order valence-electron chi connectivity index (χ0n) is 15.6. The average molecular weight is 444 g/mol. The van der Waals surface area contributed by atoms with Crippen LogP contribution in [-0.4, -0.2) is 35.0 Å². The molecule has 2 N–H and O–H groups in total. The number of hydrogen-bond acceptors (Lipinski definition) is 5. The molecule has 1 fully saturated rings. The van der Waals surface area contributed by atoms with E-state index in [1.807, 2.05) is 0 Å². The molecule has 1 amide bonds. The van der Waals surface area contributed by atoms with Gasteiger partial charge in [-0.25, -0.2) is 16.8 Å². The molecular weight excluding hydrogens is 426 g/mol. The molecular formula is C20H17N3O5S2. The Morgan fingerprint density at radius 3 is 2.47 bits per heavy atom. The fourth-order valence-electron chi connectivity index (χ4n) is 3.93. The third-order valence-electron chi connectivity index (χ3n) is 5.29. The van der Waals surface area contributed by atoms with Crippen molar-refractivity contribution in [2.24, 2.45) is 0 Å². The minimum absolute atomic E-state index is 0.0609. The molecule has 3 aromatic carbocycles. The Hall–Kier alpha value is -3.11. The van der Waals surface area contributed by atoms with Gasteiger partial charge >= 0.3 is 0 Å². The summed E-state index contributed by atoms with van der Waals surface area (Å²) in [5.74, 6) is -0.144. The Kier molecular flexibility index (Phi) is 4.06. The molecule has 0 aliphatic carbocycles. The molecule has 1 saturated heterocycles. The van der Waals surface area contributed by atoms with Crippen LogP contribution in [0.15, 0.2) is 59.5 Å². The third-order valence-corrected chi connectivity index (χ3v) is 8.60. The first-order valence-electron chi connectivity index (χ1n) is 9.27. The summed E-state index contributed by atoms with van der Waals surface area (Å²) in [5, 5.41) is 3.77. The summed E-state index contributed by atoms with van der Waals surface area (Å²) in [5.41, 5.74) is 1.84. The molecule has 2 aliphatic rings. The smallest absolute Gasteiger partial charge is 0.262 e. The first-order chi connectivity index (χ1) is 14.3. The van der Waals surface area contributed by atoms with Crippen molar-refractivity contribution in [3.63, 3.8) is 0 Å². The van der Waals surface area contributed by atoms with Crippen LogP contribution < -0.4 is 14.3 Å². The first kappa shape index (κ1) is 18.9. The molecule has 30 heavy (non-hydrogen) atoms. The first-order valence-corrected chi connectivity index (χ1v) is 12.4. The van der Waals surface area contributed by atoms with Gasteiger partial charge in [-0.1, -0.05) is 12.1 Å². The molecule has 3 aromatic rings. The predicted octanol–water partition coefficient (Wildman–Crippen LogP) is 2.75. The summed E-state index contributed by atoms with van der Waals surface area (Å²) in [6.45, 7) is 0.417. The minimum Gasteiger partial charge on any atom is -0.321 e. The van der Waals surface area contributed by atoms with Crippen molar-refractivity contribution in [2.75, 3.05) is 26.6 Å². The maximum Gasteiger partial charge on any atom is 0.262 e. The number of benzene rings is 3. The van der Waals surface area contributed by atoms with Crippen LogP contribution in [0.25, 0.3) is 10.8 Å². The average Bonchev–Trinajstić information content (AvgIpc) is 3.22. The van der Waals surface area contributed by atoms with E-state index in [4.69, 9.17) is 0 Å². The molecule has 10 heteroatoms. The summed E-state index contributed by atoms with van der Waals surface area (Å²) < 4.78 is 54.1. The summed E-state index contributed by atoms with van der Waals surface area (Å²) in [7, 11) is -7.24. The number of carbonyl (C=O) groups is 1. The van der Waals surface area contributed by atoms with E-state index in [0.717, 1.165) is 0 Å². The molecule has 0 radical (unpaired) electrons. The van der Waals surface area contributed by atoms with E-state index in [1.165, 1.54) is 22.5 Å². The van der Waals surface area contributed by atoms with E-state index in [-0.39, 0.29) is 16.6 Å². The SMILES string of the molecule is O=C1Nc2ccc(S(=O)(=O)Nc3ccc(N4CCCS4(=O)=O)cc3)c3cccc1c23. The van der Waals surface area contributed by atoms with Gasteiger partial charge in [-0.05, 0) is 48.9 Å². The van der Waals surface area contributed by atoms with E-state index in [9.17, 15) is 21.6 Å². The van der Waals surface area contributed by atoms with Gasteiger partial charge in [-0.15, -0.1) is 0 Å². The molecule has 0 unspecified atom stereocenters. The van der Waals surface area contributed by atoms with Crippen molar-refractivity contribution >= 4 is 53.8 Å². The Bertz CT molecular complexity index is 1410. The topological polar surface area (TPSA) is 113 Å². The van der Waals surface area contributed by atoms with Crippen LogP contribution in [0.5, 0.6) is 0 Å². The molecule has 2 aliphatic heterocycles. The van der Waals surface area contributed by atoms with Crippen LogP contribution >= 0.6 is 0 Å². The van der Waals surface area contributed by atoms with Crippen LogP contribution in [0.1, 0.15) is 16.8 Å². The number of rotatable bonds is 4. The highest BCUT2D eigenvalue weighted by molar-refractivity contribution is 7.93. The summed E-state index contributed by atoms with van der Waals surface area (Å²) in [4.78, 5) is 12.1. The molecule has 0 spiro atoms. The third kappa shape index (κ3) is 2.91. The highest BCUT2D eigenvalue weighted by atomic mass is 32.2. The molecule has 0 aromatic heterocycles. The normalized spacial score (nSPS) is 17.3. The Balaban J connectivity index is 1.49. The van der Waals surface area contributed by atoms with Crippen LogP contribution in [-0.2, 0) is 20.0 Å². The number of nitrogens with zero attached hydrogens (tertiary/aromatic N) is 1. The quantitative estimate of drug-likeness (QED) is 0.644. The lowest BCUT2D eigenvalue weighted by atomic mass is 10.1. The Morgan fingerprint density at radius 1 is 1.00 bits per heavy atom. The second-order valence-corrected chi connectivity index (χ2v) is 10.9. The lowest BCUT2D eigenvalue weighted by Crippen LogP contribution is -2.25. The van der Waals surface area contributed by atoms with Gasteiger partial charge in [0.25, 0.3) is 15.9 Å². The number of amides is 1. The number of hydrogen-bond donors (Lipinski definition) is 2. The van der Waals surface area contributed by atoms with E-state index < -0.39 is 20.0 Å². The predicted molar refractivity (Wildman–Crippen MR) is 115 cm³/mol. The van der Waals surface area contributed by atoms with E-state index in [2.05, 4.69) is 10.0 Å². The van der Waals surface area contributed by atoms with Crippen LogP contribution in [0.4, 0.5) is 17.1 Å².